The van der Waals surface area contributed by atoms with Gasteiger partial charge >= 0.3 is 6.03 Å². The molecular formula is C30H34N4O3. The van der Waals surface area contributed by atoms with Crippen LogP contribution in [-0.4, -0.2) is 43.1 Å². The maximum absolute atomic E-state index is 13.7. The highest BCUT2D eigenvalue weighted by atomic mass is 16.5. The van der Waals surface area contributed by atoms with Crippen LogP contribution in [0.5, 0.6) is 5.75 Å². The van der Waals surface area contributed by atoms with E-state index in [1.165, 1.54) is 11.1 Å². The molecule has 0 bridgehead atoms. The van der Waals surface area contributed by atoms with Crippen LogP contribution in [0.3, 0.4) is 0 Å². The molecule has 1 saturated heterocycles. The lowest BCUT2D eigenvalue weighted by atomic mass is 9.98. The van der Waals surface area contributed by atoms with Crippen LogP contribution in [0.15, 0.2) is 66.7 Å². The lowest BCUT2D eigenvalue weighted by Gasteiger charge is -2.34. The number of benzene rings is 3. The summed E-state index contributed by atoms with van der Waals surface area (Å²) >= 11 is 0. The standard InChI is InChI=1S/C30H34N4O3/c1-2-37-26-13-10-24(11-14-26)31-30(36)32-25-12-15-28(27(20-25)29(35)33-17-6-3-7-18-33)34-19-16-22-8-4-5-9-23(22)21-34/h4-5,8-15,20H,2-3,6-7,16-19,21H2,1H3,(H2,31,32,36). The molecule has 37 heavy (non-hydrogen) atoms. The second-order valence-electron chi connectivity index (χ2n) is 9.56. The third kappa shape index (κ3) is 5.88. The van der Waals surface area contributed by atoms with Crippen LogP contribution in [0.1, 0.15) is 47.7 Å². The van der Waals surface area contributed by atoms with E-state index >= 15 is 0 Å². The van der Waals surface area contributed by atoms with Gasteiger partial charge in [0.25, 0.3) is 5.91 Å². The molecule has 5 rings (SSSR count). The van der Waals surface area contributed by atoms with Crippen molar-refractivity contribution in [2.75, 3.05) is 41.8 Å². The molecule has 0 atom stereocenters. The third-order valence-corrected chi connectivity index (χ3v) is 7.02. The zero-order valence-corrected chi connectivity index (χ0v) is 21.3. The Hall–Kier alpha value is -4.00. The zero-order valence-electron chi connectivity index (χ0n) is 21.3. The van der Waals surface area contributed by atoms with E-state index in [4.69, 9.17) is 4.74 Å². The van der Waals surface area contributed by atoms with E-state index in [1.807, 2.05) is 42.2 Å². The molecule has 2 aliphatic rings. The van der Waals surface area contributed by atoms with Gasteiger partial charge in [0.2, 0.25) is 0 Å². The Morgan fingerprint density at radius 2 is 1.54 bits per heavy atom. The summed E-state index contributed by atoms with van der Waals surface area (Å²) in [6.07, 6.45) is 4.16. The van der Waals surface area contributed by atoms with E-state index in [0.717, 1.165) is 63.3 Å². The predicted octanol–water partition coefficient (Wildman–Crippen LogP) is 5.92. The van der Waals surface area contributed by atoms with Crippen molar-refractivity contribution >= 4 is 29.0 Å². The monoisotopic (exact) mass is 498 g/mol. The second-order valence-corrected chi connectivity index (χ2v) is 9.56. The fraction of sp³-hybridized carbons (Fsp3) is 0.333. The quantitative estimate of drug-likeness (QED) is 0.443. The first-order chi connectivity index (χ1) is 18.1. The number of amides is 3. The van der Waals surface area contributed by atoms with Gasteiger partial charge in [0.1, 0.15) is 5.75 Å². The predicted molar refractivity (Wildman–Crippen MR) is 148 cm³/mol. The van der Waals surface area contributed by atoms with Crippen molar-refractivity contribution in [2.24, 2.45) is 0 Å². The molecule has 0 spiro atoms. The van der Waals surface area contributed by atoms with Crippen LogP contribution in [0, 0.1) is 0 Å². The Morgan fingerprint density at radius 3 is 2.30 bits per heavy atom. The number of nitrogens with zero attached hydrogens (tertiary/aromatic N) is 2. The molecule has 7 heteroatoms. The average molecular weight is 499 g/mol. The summed E-state index contributed by atoms with van der Waals surface area (Å²) in [7, 11) is 0. The molecule has 0 saturated carbocycles. The Kier molecular flexibility index (Phi) is 7.59. The first-order valence-electron chi connectivity index (χ1n) is 13.2. The number of anilines is 3. The van der Waals surface area contributed by atoms with E-state index in [9.17, 15) is 9.59 Å². The van der Waals surface area contributed by atoms with Gasteiger partial charge in [-0.15, -0.1) is 0 Å². The molecule has 0 aliphatic carbocycles. The maximum Gasteiger partial charge on any atom is 0.323 e. The summed E-state index contributed by atoms with van der Waals surface area (Å²) in [6, 6.07) is 21.0. The van der Waals surface area contributed by atoms with Gasteiger partial charge < -0.3 is 25.2 Å². The maximum atomic E-state index is 13.7. The number of carbonyl (C=O) groups is 2. The molecule has 192 valence electrons. The molecule has 0 aromatic heterocycles. The molecule has 7 nitrogen and oxygen atoms in total. The fourth-order valence-electron chi connectivity index (χ4n) is 5.12. The van der Waals surface area contributed by atoms with Crippen LogP contribution in [0.2, 0.25) is 0 Å². The van der Waals surface area contributed by atoms with Gasteiger partial charge in [-0.05, 0) is 86.2 Å². The van der Waals surface area contributed by atoms with Crippen LogP contribution < -0.4 is 20.3 Å². The minimum Gasteiger partial charge on any atom is -0.494 e. The molecule has 1 fully saturated rings. The number of piperidine rings is 1. The number of carbonyl (C=O) groups excluding carboxylic acids is 2. The third-order valence-electron chi connectivity index (χ3n) is 7.02. The molecule has 2 heterocycles. The number of ether oxygens (including phenoxy) is 1. The molecule has 3 aromatic carbocycles. The van der Waals surface area contributed by atoms with Crippen molar-refractivity contribution in [1.29, 1.82) is 0 Å². The molecule has 2 N–H and O–H groups in total. The van der Waals surface area contributed by atoms with E-state index in [0.29, 0.717) is 23.5 Å². The highest BCUT2D eigenvalue weighted by molar-refractivity contribution is 6.04. The fourth-order valence-corrected chi connectivity index (χ4v) is 5.12. The average Bonchev–Trinajstić information content (AvgIpc) is 2.94. The largest absolute Gasteiger partial charge is 0.494 e. The molecule has 0 unspecified atom stereocenters. The lowest BCUT2D eigenvalue weighted by molar-refractivity contribution is 0.0725. The summed E-state index contributed by atoms with van der Waals surface area (Å²) in [5.74, 6) is 0.786. The van der Waals surface area contributed by atoms with Crippen LogP contribution in [0.4, 0.5) is 21.9 Å². The van der Waals surface area contributed by atoms with Gasteiger partial charge in [-0.1, -0.05) is 24.3 Å². The van der Waals surface area contributed by atoms with Gasteiger partial charge in [-0.25, -0.2) is 4.79 Å². The normalized spacial score (nSPS) is 15.1. The molecule has 3 amide bonds. The first-order valence-corrected chi connectivity index (χ1v) is 13.2. The number of urea groups is 1. The molecule has 3 aromatic rings. The summed E-state index contributed by atoms with van der Waals surface area (Å²) in [6.45, 7) is 5.68. The number of hydrogen-bond donors (Lipinski definition) is 2. The molecule has 2 aliphatic heterocycles. The second kappa shape index (κ2) is 11.4. The Morgan fingerprint density at radius 1 is 0.838 bits per heavy atom. The van der Waals surface area contributed by atoms with E-state index in [-0.39, 0.29) is 11.9 Å². The van der Waals surface area contributed by atoms with Gasteiger partial charge in [0.15, 0.2) is 0 Å². The zero-order chi connectivity index (χ0) is 25.6. The van der Waals surface area contributed by atoms with Crippen molar-refractivity contribution < 1.29 is 14.3 Å². The smallest absolute Gasteiger partial charge is 0.323 e. The highest BCUT2D eigenvalue weighted by Gasteiger charge is 2.25. The van der Waals surface area contributed by atoms with Crippen molar-refractivity contribution in [3.63, 3.8) is 0 Å². The number of rotatable bonds is 6. The van der Waals surface area contributed by atoms with E-state index < -0.39 is 0 Å². The van der Waals surface area contributed by atoms with Crippen molar-refractivity contribution in [3.8, 4) is 5.75 Å². The first kappa shape index (κ1) is 24.7. The van der Waals surface area contributed by atoms with Crippen molar-refractivity contribution in [1.82, 2.24) is 4.90 Å². The molecular weight excluding hydrogens is 464 g/mol. The van der Waals surface area contributed by atoms with Gasteiger partial charge in [-0.3, -0.25) is 4.79 Å². The highest BCUT2D eigenvalue weighted by Crippen LogP contribution is 2.31. The van der Waals surface area contributed by atoms with E-state index in [1.54, 1.807) is 12.1 Å². The minimum atomic E-state index is -0.361. The minimum absolute atomic E-state index is 0.0316. The summed E-state index contributed by atoms with van der Waals surface area (Å²) in [4.78, 5) is 30.7. The molecule has 0 radical (unpaired) electrons. The van der Waals surface area contributed by atoms with E-state index in [2.05, 4.69) is 39.8 Å². The summed E-state index contributed by atoms with van der Waals surface area (Å²) < 4.78 is 5.46. The summed E-state index contributed by atoms with van der Waals surface area (Å²) in [5, 5.41) is 5.75. The van der Waals surface area contributed by atoms with Crippen LogP contribution in [0.25, 0.3) is 0 Å². The lowest BCUT2D eigenvalue weighted by Crippen LogP contribution is -2.38. The SMILES string of the molecule is CCOc1ccc(NC(=O)Nc2ccc(N3CCc4ccccc4C3)c(C(=O)N3CCCCC3)c2)cc1. The Labute approximate surface area is 218 Å². The number of hydrogen-bond acceptors (Lipinski definition) is 4. The van der Waals surface area contributed by atoms with Crippen molar-refractivity contribution in [2.45, 2.75) is 39.2 Å². The van der Waals surface area contributed by atoms with Crippen LogP contribution in [-0.2, 0) is 13.0 Å². The van der Waals surface area contributed by atoms with Crippen LogP contribution >= 0.6 is 0 Å². The summed E-state index contributed by atoms with van der Waals surface area (Å²) in [5.41, 5.74) is 5.47. The topological polar surface area (TPSA) is 73.9 Å². The van der Waals surface area contributed by atoms with Gasteiger partial charge in [-0.2, -0.15) is 0 Å². The van der Waals surface area contributed by atoms with Gasteiger partial charge in [0, 0.05) is 43.2 Å². The number of nitrogens with one attached hydrogen (secondary N) is 2. The Balaban J connectivity index is 1.36. The Bertz CT molecular complexity index is 1250. The number of fused-ring (bicyclic) bond motifs is 1. The van der Waals surface area contributed by atoms with Gasteiger partial charge in [0.05, 0.1) is 12.2 Å². The number of likely N-dealkylation sites (tertiary alicyclic amines) is 1. The van der Waals surface area contributed by atoms with Crippen molar-refractivity contribution in [3.05, 3.63) is 83.4 Å².